The zero-order valence-electron chi connectivity index (χ0n) is 15.5. The number of rotatable bonds is 5. The maximum Gasteiger partial charge on any atom is 0.336 e. The number of nitro groups is 1. The molecule has 1 amide bonds. The zero-order valence-corrected chi connectivity index (χ0v) is 15.5. The summed E-state index contributed by atoms with van der Waals surface area (Å²) in [5.41, 5.74) is 1.57. The Morgan fingerprint density at radius 3 is 2.46 bits per heavy atom. The molecule has 0 atom stereocenters. The van der Waals surface area contributed by atoms with Crippen molar-refractivity contribution in [2.24, 2.45) is 0 Å². The highest BCUT2D eigenvalue weighted by Gasteiger charge is 2.22. The molecule has 0 radical (unpaired) electrons. The topological polar surface area (TPSA) is 113 Å². The van der Waals surface area contributed by atoms with Gasteiger partial charge in [0.1, 0.15) is 0 Å². The molecule has 0 saturated carbocycles. The maximum absolute atomic E-state index is 13.0. The van der Waals surface area contributed by atoms with Crippen LogP contribution in [0.1, 0.15) is 45.5 Å². The molecule has 0 spiro atoms. The lowest BCUT2D eigenvalue weighted by molar-refractivity contribution is -0.384. The highest BCUT2D eigenvalue weighted by Crippen LogP contribution is 2.29. The first-order valence-corrected chi connectivity index (χ1v) is 9.06. The number of nitro benzene ring substituents is 1. The molecule has 28 heavy (non-hydrogen) atoms. The second kappa shape index (κ2) is 8.08. The lowest BCUT2D eigenvalue weighted by atomic mass is 10.0. The van der Waals surface area contributed by atoms with Gasteiger partial charge >= 0.3 is 5.97 Å². The molecule has 1 aliphatic rings. The van der Waals surface area contributed by atoms with Gasteiger partial charge in [-0.2, -0.15) is 0 Å². The van der Waals surface area contributed by atoms with Gasteiger partial charge in [-0.25, -0.2) is 4.79 Å². The van der Waals surface area contributed by atoms with Crippen molar-refractivity contribution in [1.82, 2.24) is 0 Å². The number of nitrogens with one attached hydrogen (secondary N) is 1. The Kier molecular flexibility index (Phi) is 5.58. The number of hydrogen-bond acceptors (Lipinski definition) is 5. The van der Waals surface area contributed by atoms with Crippen LogP contribution in [0.4, 0.5) is 17.1 Å². The SMILES string of the molecule is Cc1c(NC(=O)c2cc([N+](=O)[O-])ccc2N2CCCCC2)cccc1C(=O)O. The van der Waals surface area contributed by atoms with Crippen molar-refractivity contribution >= 4 is 28.9 Å². The molecule has 8 heteroatoms. The monoisotopic (exact) mass is 383 g/mol. The first-order valence-electron chi connectivity index (χ1n) is 9.06. The summed E-state index contributed by atoms with van der Waals surface area (Å²) in [4.78, 5) is 37.0. The van der Waals surface area contributed by atoms with E-state index in [0.717, 1.165) is 32.4 Å². The number of piperidine rings is 1. The van der Waals surface area contributed by atoms with Crippen LogP contribution in [0.25, 0.3) is 0 Å². The zero-order chi connectivity index (χ0) is 20.3. The highest BCUT2D eigenvalue weighted by molar-refractivity contribution is 6.09. The molecule has 0 bridgehead atoms. The number of carbonyl (C=O) groups is 2. The van der Waals surface area contributed by atoms with Gasteiger partial charge in [0.25, 0.3) is 11.6 Å². The van der Waals surface area contributed by atoms with E-state index < -0.39 is 16.8 Å². The largest absolute Gasteiger partial charge is 0.478 e. The van der Waals surface area contributed by atoms with Gasteiger partial charge in [0.15, 0.2) is 0 Å². The number of nitrogens with zero attached hydrogens (tertiary/aromatic N) is 2. The summed E-state index contributed by atoms with van der Waals surface area (Å²) < 4.78 is 0. The molecule has 0 aromatic heterocycles. The van der Waals surface area contributed by atoms with Crippen LogP contribution in [-0.2, 0) is 0 Å². The van der Waals surface area contributed by atoms with Crippen molar-refractivity contribution in [3.8, 4) is 0 Å². The van der Waals surface area contributed by atoms with Gasteiger partial charge in [-0.05, 0) is 49.9 Å². The van der Waals surface area contributed by atoms with Crippen LogP contribution < -0.4 is 10.2 Å². The van der Waals surface area contributed by atoms with Crippen LogP contribution in [0.15, 0.2) is 36.4 Å². The summed E-state index contributed by atoms with van der Waals surface area (Å²) in [5.74, 6) is -1.59. The number of non-ortho nitro benzene ring substituents is 1. The second-order valence-corrected chi connectivity index (χ2v) is 6.74. The van der Waals surface area contributed by atoms with Crippen LogP contribution in [0.5, 0.6) is 0 Å². The van der Waals surface area contributed by atoms with E-state index in [4.69, 9.17) is 0 Å². The predicted molar refractivity (Wildman–Crippen MR) is 105 cm³/mol. The maximum atomic E-state index is 13.0. The number of aromatic carboxylic acids is 1. The van der Waals surface area contributed by atoms with E-state index in [9.17, 15) is 24.8 Å². The first-order chi connectivity index (χ1) is 13.4. The molecule has 8 nitrogen and oxygen atoms in total. The summed E-state index contributed by atoms with van der Waals surface area (Å²) in [7, 11) is 0. The third-order valence-corrected chi connectivity index (χ3v) is 4.94. The lowest BCUT2D eigenvalue weighted by Gasteiger charge is -2.30. The quantitative estimate of drug-likeness (QED) is 0.599. The third-order valence-electron chi connectivity index (χ3n) is 4.94. The fourth-order valence-electron chi connectivity index (χ4n) is 3.42. The Morgan fingerprint density at radius 2 is 1.82 bits per heavy atom. The normalized spacial score (nSPS) is 13.8. The number of hydrogen-bond donors (Lipinski definition) is 2. The van der Waals surface area contributed by atoms with Gasteiger partial charge in [0.05, 0.1) is 21.7 Å². The van der Waals surface area contributed by atoms with Gasteiger partial charge in [0, 0.05) is 30.9 Å². The summed E-state index contributed by atoms with van der Waals surface area (Å²) >= 11 is 0. The highest BCUT2D eigenvalue weighted by atomic mass is 16.6. The molecule has 2 aromatic rings. The van der Waals surface area contributed by atoms with E-state index in [2.05, 4.69) is 10.2 Å². The number of carbonyl (C=O) groups excluding carboxylic acids is 1. The van der Waals surface area contributed by atoms with E-state index in [1.165, 1.54) is 18.2 Å². The minimum atomic E-state index is -1.09. The Balaban J connectivity index is 1.98. The smallest absolute Gasteiger partial charge is 0.336 e. The minimum Gasteiger partial charge on any atom is -0.478 e. The van der Waals surface area contributed by atoms with Crippen molar-refractivity contribution in [1.29, 1.82) is 0 Å². The number of anilines is 2. The molecule has 1 fully saturated rings. The number of benzene rings is 2. The van der Waals surface area contributed by atoms with Crippen LogP contribution in [0.3, 0.4) is 0 Å². The Labute approximate surface area is 161 Å². The molecule has 146 valence electrons. The molecule has 0 aliphatic carbocycles. The van der Waals surface area contributed by atoms with Crippen molar-refractivity contribution in [2.45, 2.75) is 26.2 Å². The van der Waals surface area contributed by atoms with Gasteiger partial charge in [0.2, 0.25) is 0 Å². The van der Waals surface area contributed by atoms with Crippen LogP contribution in [0.2, 0.25) is 0 Å². The van der Waals surface area contributed by atoms with E-state index in [1.807, 2.05) is 0 Å². The van der Waals surface area contributed by atoms with E-state index in [0.29, 0.717) is 16.9 Å². The molecule has 2 aromatic carbocycles. The van der Waals surface area contributed by atoms with Crippen LogP contribution >= 0.6 is 0 Å². The average molecular weight is 383 g/mol. The van der Waals surface area contributed by atoms with Crippen LogP contribution in [-0.4, -0.2) is 35.0 Å². The molecule has 3 rings (SSSR count). The van der Waals surface area contributed by atoms with Crippen molar-refractivity contribution in [2.75, 3.05) is 23.3 Å². The fourth-order valence-corrected chi connectivity index (χ4v) is 3.42. The lowest BCUT2D eigenvalue weighted by Crippen LogP contribution is -2.31. The molecule has 0 unspecified atom stereocenters. The third kappa shape index (κ3) is 3.95. The number of amides is 1. The number of carboxylic acid groups (broad SMARTS) is 1. The van der Waals surface area contributed by atoms with Gasteiger partial charge in [-0.3, -0.25) is 14.9 Å². The first kappa shape index (κ1) is 19.3. The molecular weight excluding hydrogens is 362 g/mol. The van der Waals surface area contributed by atoms with Crippen molar-refractivity contribution < 1.29 is 19.6 Å². The molecule has 2 N–H and O–H groups in total. The summed E-state index contributed by atoms with van der Waals surface area (Å²) in [6, 6.07) is 8.90. The van der Waals surface area contributed by atoms with Crippen molar-refractivity contribution in [3.63, 3.8) is 0 Å². The van der Waals surface area contributed by atoms with Gasteiger partial charge in [-0.15, -0.1) is 0 Å². The molecular formula is C20H21N3O5. The summed E-state index contributed by atoms with van der Waals surface area (Å²) in [5, 5.41) is 23.2. The standard InChI is InChI=1S/C20H21N3O5/c1-13-15(20(25)26)6-5-7-17(13)21-19(24)16-12-14(23(27)28)8-9-18(16)22-10-3-2-4-11-22/h5-9,12H,2-4,10-11H2,1H3,(H,21,24)(H,25,26). The fraction of sp³-hybridized carbons (Fsp3) is 0.300. The van der Waals surface area contributed by atoms with Crippen LogP contribution in [0, 0.1) is 17.0 Å². The molecule has 1 aliphatic heterocycles. The molecule has 1 saturated heterocycles. The predicted octanol–water partition coefficient (Wildman–Crippen LogP) is 3.84. The minimum absolute atomic E-state index is 0.0908. The Bertz CT molecular complexity index is 935. The Hall–Kier alpha value is -3.42. The van der Waals surface area contributed by atoms with E-state index >= 15 is 0 Å². The van der Waals surface area contributed by atoms with E-state index in [1.54, 1.807) is 25.1 Å². The van der Waals surface area contributed by atoms with Crippen molar-refractivity contribution in [3.05, 3.63) is 63.2 Å². The summed E-state index contributed by atoms with van der Waals surface area (Å²) in [6.07, 6.45) is 3.11. The second-order valence-electron chi connectivity index (χ2n) is 6.74. The van der Waals surface area contributed by atoms with E-state index in [-0.39, 0.29) is 16.8 Å². The molecule has 1 heterocycles. The van der Waals surface area contributed by atoms with Gasteiger partial charge in [-0.1, -0.05) is 6.07 Å². The average Bonchev–Trinajstić information content (AvgIpc) is 2.69. The Morgan fingerprint density at radius 1 is 1.11 bits per heavy atom. The number of carboxylic acids is 1. The summed E-state index contributed by atoms with van der Waals surface area (Å²) in [6.45, 7) is 3.18. The van der Waals surface area contributed by atoms with Gasteiger partial charge < -0.3 is 15.3 Å².